The number of allylic oxidation sites excluding steroid dienone is 1. The van der Waals surface area contributed by atoms with Crippen LogP contribution in [0.25, 0.3) is 17.3 Å². The van der Waals surface area contributed by atoms with Gasteiger partial charge in [-0.15, -0.1) is 0 Å². The van der Waals surface area contributed by atoms with Crippen molar-refractivity contribution in [3.8, 4) is 12.1 Å². The number of nitriles is 2. The molecule has 0 saturated heterocycles. The summed E-state index contributed by atoms with van der Waals surface area (Å²) in [6, 6.07) is 9.04. The predicted molar refractivity (Wildman–Crippen MR) is 74.2 cm³/mol. The highest BCUT2D eigenvalue weighted by molar-refractivity contribution is 5.93. The van der Waals surface area contributed by atoms with Crippen LogP contribution < -0.4 is 11.5 Å². The van der Waals surface area contributed by atoms with Crippen molar-refractivity contribution in [3.63, 3.8) is 0 Å². The van der Waals surface area contributed by atoms with E-state index in [0.29, 0.717) is 16.9 Å². The zero-order valence-corrected chi connectivity index (χ0v) is 10.1. The molecule has 0 amide bonds. The Hall–Kier alpha value is -3.18. The Bertz CT molecular complexity index is 764. The van der Waals surface area contributed by atoms with Crippen molar-refractivity contribution in [3.05, 3.63) is 47.8 Å². The molecule has 0 aliphatic heterocycles. The summed E-state index contributed by atoms with van der Waals surface area (Å²) in [6.07, 6.45) is 3.43. The lowest BCUT2D eigenvalue weighted by Crippen LogP contribution is -2.02. The van der Waals surface area contributed by atoms with Gasteiger partial charge in [-0.3, -0.25) is 0 Å². The minimum absolute atomic E-state index is 0.0827. The maximum Gasteiger partial charge on any atom is 0.153 e. The van der Waals surface area contributed by atoms with Gasteiger partial charge in [0.05, 0.1) is 22.6 Å². The molecular formula is C14H11N5. The Kier molecular flexibility index (Phi) is 2.97. The van der Waals surface area contributed by atoms with E-state index in [9.17, 15) is 0 Å². The molecule has 92 valence electrons. The van der Waals surface area contributed by atoms with Gasteiger partial charge in [-0.1, -0.05) is 12.6 Å². The fourth-order valence-corrected chi connectivity index (χ4v) is 2.01. The number of rotatable bonds is 2. The second-order valence-corrected chi connectivity index (χ2v) is 3.85. The molecule has 0 spiro atoms. The zero-order valence-electron chi connectivity index (χ0n) is 10.1. The standard InChI is InChI=1S/C14H11N5/c1-2-10-14(18)12(13(17)9(7-15)8-16)11-5-3-4-6-19(10)11/h2-6H,1,17-18H2. The van der Waals surface area contributed by atoms with E-state index in [1.165, 1.54) is 0 Å². The molecule has 0 bridgehead atoms. The van der Waals surface area contributed by atoms with E-state index >= 15 is 0 Å². The number of anilines is 1. The second kappa shape index (κ2) is 4.59. The van der Waals surface area contributed by atoms with E-state index in [2.05, 4.69) is 6.58 Å². The van der Waals surface area contributed by atoms with Crippen LogP contribution in [0.15, 0.2) is 36.5 Å². The van der Waals surface area contributed by atoms with Crippen LogP contribution in [0.1, 0.15) is 11.3 Å². The van der Waals surface area contributed by atoms with Gasteiger partial charge in [0, 0.05) is 11.8 Å². The number of nitrogen functional groups attached to an aromatic ring is 1. The molecule has 2 rings (SSSR count). The molecule has 0 unspecified atom stereocenters. The van der Waals surface area contributed by atoms with Crippen molar-refractivity contribution in [2.45, 2.75) is 0 Å². The molecule has 0 aromatic carbocycles. The Morgan fingerprint density at radius 3 is 2.58 bits per heavy atom. The molecule has 0 fully saturated rings. The van der Waals surface area contributed by atoms with Crippen molar-refractivity contribution in [2.24, 2.45) is 5.73 Å². The van der Waals surface area contributed by atoms with Gasteiger partial charge in [0.15, 0.2) is 5.57 Å². The first-order valence-electron chi connectivity index (χ1n) is 5.47. The molecule has 2 aromatic rings. The molecule has 0 atom stereocenters. The second-order valence-electron chi connectivity index (χ2n) is 3.85. The summed E-state index contributed by atoms with van der Waals surface area (Å²) in [7, 11) is 0. The van der Waals surface area contributed by atoms with Gasteiger partial charge >= 0.3 is 0 Å². The van der Waals surface area contributed by atoms with Gasteiger partial charge in [-0.05, 0) is 18.2 Å². The number of nitrogens with two attached hydrogens (primary N) is 2. The highest BCUT2D eigenvalue weighted by Crippen LogP contribution is 2.31. The fourth-order valence-electron chi connectivity index (χ4n) is 2.01. The number of hydrogen-bond acceptors (Lipinski definition) is 4. The zero-order chi connectivity index (χ0) is 14.0. The normalized spacial score (nSPS) is 9.58. The van der Waals surface area contributed by atoms with Crippen molar-refractivity contribution < 1.29 is 0 Å². The average Bonchev–Trinajstić information content (AvgIpc) is 2.71. The molecule has 4 N–H and O–H groups in total. The molecular weight excluding hydrogens is 238 g/mol. The number of hydrogen-bond donors (Lipinski definition) is 2. The lowest BCUT2D eigenvalue weighted by atomic mass is 10.1. The Morgan fingerprint density at radius 2 is 2.00 bits per heavy atom. The third-order valence-corrected chi connectivity index (χ3v) is 2.88. The maximum absolute atomic E-state index is 8.91. The molecule has 5 nitrogen and oxygen atoms in total. The largest absolute Gasteiger partial charge is 0.396 e. The van der Waals surface area contributed by atoms with Crippen LogP contribution in [0, 0.1) is 22.7 Å². The van der Waals surface area contributed by atoms with Gasteiger partial charge in [-0.2, -0.15) is 10.5 Å². The van der Waals surface area contributed by atoms with Crippen molar-refractivity contribution in [1.82, 2.24) is 4.40 Å². The van der Waals surface area contributed by atoms with Crippen LogP contribution in [0.5, 0.6) is 0 Å². The Labute approximate surface area is 110 Å². The molecule has 2 aromatic heterocycles. The van der Waals surface area contributed by atoms with Crippen LogP contribution in [0.4, 0.5) is 5.69 Å². The monoisotopic (exact) mass is 249 g/mol. The highest BCUT2D eigenvalue weighted by Gasteiger charge is 2.18. The molecule has 5 heteroatoms. The Balaban J connectivity index is 2.95. The summed E-state index contributed by atoms with van der Waals surface area (Å²) >= 11 is 0. The van der Waals surface area contributed by atoms with E-state index < -0.39 is 0 Å². The van der Waals surface area contributed by atoms with Crippen molar-refractivity contribution >= 4 is 23.0 Å². The van der Waals surface area contributed by atoms with Gasteiger partial charge in [0.2, 0.25) is 0 Å². The van der Waals surface area contributed by atoms with Crippen molar-refractivity contribution in [1.29, 1.82) is 10.5 Å². The van der Waals surface area contributed by atoms with Gasteiger partial charge in [0.25, 0.3) is 0 Å². The number of aromatic nitrogens is 1. The quantitative estimate of drug-likeness (QED) is 0.793. The summed E-state index contributed by atoms with van der Waals surface area (Å²) in [5.41, 5.74) is 14.2. The number of pyridine rings is 1. The molecule has 0 aliphatic carbocycles. The van der Waals surface area contributed by atoms with Gasteiger partial charge in [0.1, 0.15) is 12.1 Å². The van der Waals surface area contributed by atoms with Crippen LogP contribution in [0.2, 0.25) is 0 Å². The van der Waals surface area contributed by atoms with E-state index in [1.54, 1.807) is 18.2 Å². The predicted octanol–water partition coefficient (Wildman–Crippen LogP) is 1.88. The first-order valence-corrected chi connectivity index (χ1v) is 5.47. The molecule has 0 aliphatic rings. The van der Waals surface area contributed by atoms with Crippen LogP contribution >= 0.6 is 0 Å². The van der Waals surface area contributed by atoms with Gasteiger partial charge in [-0.25, -0.2) is 0 Å². The smallest absolute Gasteiger partial charge is 0.153 e. The van der Waals surface area contributed by atoms with Crippen molar-refractivity contribution in [2.75, 3.05) is 5.73 Å². The molecule has 0 radical (unpaired) electrons. The Morgan fingerprint density at radius 1 is 1.32 bits per heavy atom. The number of nitrogens with zero attached hydrogens (tertiary/aromatic N) is 3. The van der Waals surface area contributed by atoms with Crippen LogP contribution in [0.3, 0.4) is 0 Å². The molecule has 0 saturated carbocycles. The van der Waals surface area contributed by atoms with Crippen LogP contribution in [-0.2, 0) is 0 Å². The van der Waals surface area contributed by atoms with Gasteiger partial charge < -0.3 is 15.9 Å². The summed E-state index contributed by atoms with van der Waals surface area (Å²) in [5, 5.41) is 17.8. The van der Waals surface area contributed by atoms with Crippen LogP contribution in [-0.4, -0.2) is 4.40 Å². The maximum atomic E-state index is 8.91. The summed E-state index contributed by atoms with van der Waals surface area (Å²) < 4.78 is 1.82. The fraction of sp³-hybridized carbons (Fsp3) is 0. The van der Waals surface area contributed by atoms with E-state index in [1.807, 2.05) is 28.8 Å². The highest BCUT2D eigenvalue weighted by atomic mass is 14.9. The summed E-state index contributed by atoms with van der Waals surface area (Å²) in [5.74, 6) is 0. The SMILES string of the molecule is C=Cc1c(N)c(C(N)=C(C#N)C#N)c2ccccn12. The van der Waals surface area contributed by atoms with E-state index in [-0.39, 0.29) is 11.3 Å². The average molecular weight is 249 g/mol. The first kappa shape index (κ1) is 12.3. The lowest BCUT2D eigenvalue weighted by Gasteiger charge is -2.01. The van der Waals surface area contributed by atoms with E-state index in [4.69, 9.17) is 22.0 Å². The molecule has 2 heterocycles. The number of fused-ring (bicyclic) bond motifs is 1. The molecule has 19 heavy (non-hydrogen) atoms. The minimum Gasteiger partial charge on any atom is -0.396 e. The summed E-state index contributed by atoms with van der Waals surface area (Å²) in [4.78, 5) is 0. The third-order valence-electron chi connectivity index (χ3n) is 2.88. The minimum atomic E-state index is -0.154. The topological polar surface area (TPSA) is 104 Å². The lowest BCUT2D eigenvalue weighted by molar-refractivity contribution is 1.18. The van der Waals surface area contributed by atoms with E-state index in [0.717, 1.165) is 5.52 Å². The first-order chi connectivity index (χ1) is 9.15. The summed E-state index contributed by atoms with van der Waals surface area (Å²) in [6.45, 7) is 3.71. The third kappa shape index (κ3) is 1.70.